The molecule has 1 unspecified atom stereocenters. The number of halogens is 3. The number of hydrogen-bond acceptors (Lipinski definition) is 4. The first-order chi connectivity index (χ1) is 10.2. The molecular weight excluding hydrogens is 344 g/mol. The third-order valence-corrected chi connectivity index (χ3v) is 3.62. The van der Waals surface area contributed by atoms with Crippen LogP contribution < -0.4 is 5.32 Å². The fourth-order valence-electron chi connectivity index (χ4n) is 2.60. The SMILES string of the molecule is Cl.Cl.O=C(Cc1ccon1)N1CCNCC1c1cccc(F)c1. The van der Waals surface area contributed by atoms with Gasteiger partial charge in [-0.15, -0.1) is 24.8 Å². The molecule has 1 amide bonds. The Bertz CT molecular complexity index is 625. The molecule has 5 nitrogen and oxygen atoms in total. The van der Waals surface area contributed by atoms with Crippen molar-refractivity contribution < 1.29 is 13.7 Å². The van der Waals surface area contributed by atoms with Crippen LogP contribution in [-0.4, -0.2) is 35.6 Å². The Morgan fingerprint density at radius 1 is 1.39 bits per heavy atom. The van der Waals surface area contributed by atoms with Crippen molar-refractivity contribution in [1.82, 2.24) is 15.4 Å². The molecule has 3 rings (SSSR count). The molecule has 1 aromatic heterocycles. The lowest BCUT2D eigenvalue weighted by atomic mass is 10.0. The summed E-state index contributed by atoms with van der Waals surface area (Å²) in [6, 6.07) is 7.91. The average Bonchev–Trinajstić information content (AvgIpc) is 3.00. The van der Waals surface area contributed by atoms with Gasteiger partial charge in [0, 0.05) is 25.7 Å². The van der Waals surface area contributed by atoms with Gasteiger partial charge in [0.2, 0.25) is 5.91 Å². The van der Waals surface area contributed by atoms with Crippen LogP contribution in [0.2, 0.25) is 0 Å². The van der Waals surface area contributed by atoms with Crippen molar-refractivity contribution in [1.29, 1.82) is 0 Å². The third kappa shape index (κ3) is 4.67. The molecule has 2 heterocycles. The van der Waals surface area contributed by atoms with Gasteiger partial charge in [0.1, 0.15) is 12.1 Å². The Labute approximate surface area is 146 Å². The van der Waals surface area contributed by atoms with Crippen molar-refractivity contribution in [3.8, 4) is 0 Å². The summed E-state index contributed by atoms with van der Waals surface area (Å²) in [5, 5.41) is 7.01. The van der Waals surface area contributed by atoms with E-state index in [9.17, 15) is 9.18 Å². The predicted octanol–water partition coefficient (Wildman–Crippen LogP) is 2.37. The minimum Gasteiger partial charge on any atom is -0.364 e. The van der Waals surface area contributed by atoms with Gasteiger partial charge in [-0.1, -0.05) is 17.3 Å². The standard InChI is InChI=1S/C15H16FN3O2.2ClH/c16-12-3-1-2-11(8-12)14-10-17-5-6-19(14)15(20)9-13-4-7-21-18-13;;/h1-4,7-8,14,17H,5-6,9-10H2;2*1H. The van der Waals surface area contributed by atoms with Crippen LogP contribution in [0.3, 0.4) is 0 Å². The third-order valence-electron chi connectivity index (χ3n) is 3.62. The van der Waals surface area contributed by atoms with Crippen LogP contribution in [0, 0.1) is 5.82 Å². The van der Waals surface area contributed by atoms with E-state index in [2.05, 4.69) is 10.5 Å². The Morgan fingerprint density at radius 2 is 2.22 bits per heavy atom. The molecule has 1 aliphatic rings. The molecule has 1 N–H and O–H groups in total. The van der Waals surface area contributed by atoms with E-state index in [1.54, 1.807) is 17.0 Å². The van der Waals surface area contributed by atoms with Gasteiger partial charge in [0.05, 0.1) is 18.2 Å². The Hall–Kier alpha value is -1.63. The molecule has 2 aromatic rings. The van der Waals surface area contributed by atoms with Crippen LogP contribution >= 0.6 is 24.8 Å². The van der Waals surface area contributed by atoms with Crippen molar-refractivity contribution in [2.24, 2.45) is 0 Å². The lowest BCUT2D eigenvalue weighted by molar-refractivity contribution is -0.133. The molecule has 1 fully saturated rings. The molecule has 0 spiro atoms. The summed E-state index contributed by atoms with van der Waals surface area (Å²) in [5.74, 6) is -0.318. The van der Waals surface area contributed by atoms with E-state index in [1.807, 2.05) is 6.07 Å². The van der Waals surface area contributed by atoms with Crippen LogP contribution in [-0.2, 0) is 11.2 Å². The lowest BCUT2D eigenvalue weighted by Gasteiger charge is -2.36. The number of piperazine rings is 1. The fraction of sp³-hybridized carbons (Fsp3) is 0.333. The fourth-order valence-corrected chi connectivity index (χ4v) is 2.60. The highest BCUT2D eigenvalue weighted by Gasteiger charge is 2.28. The van der Waals surface area contributed by atoms with Crippen LogP contribution in [0.5, 0.6) is 0 Å². The first kappa shape index (κ1) is 19.4. The average molecular weight is 362 g/mol. The summed E-state index contributed by atoms with van der Waals surface area (Å²) < 4.78 is 18.2. The zero-order valence-corrected chi connectivity index (χ0v) is 13.9. The number of rotatable bonds is 3. The maximum absolute atomic E-state index is 13.4. The number of nitrogens with zero attached hydrogens (tertiary/aromatic N) is 2. The van der Waals surface area contributed by atoms with Gasteiger partial charge < -0.3 is 14.7 Å². The Morgan fingerprint density at radius 3 is 2.91 bits per heavy atom. The molecule has 1 atom stereocenters. The topological polar surface area (TPSA) is 58.4 Å². The molecule has 0 radical (unpaired) electrons. The molecule has 0 bridgehead atoms. The molecule has 8 heteroatoms. The first-order valence-corrected chi connectivity index (χ1v) is 6.89. The highest BCUT2D eigenvalue weighted by atomic mass is 35.5. The van der Waals surface area contributed by atoms with Gasteiger partial charge in [0.25, 0.3) is 0 Å². The number of aromatic nitrogens is 1. The highest BCUT2D eigenvalue weighted by molar-refractivity contribution is 5.85. The minimum atomic E-state index is -0.290. The van der Waals surface area contributed by atoms with Crippen LogP contribution in [0.25, 0.3) is 0 Å². The van der Waals surface area contributed by atoms with Crippen LogP contribution in [0.1, 0.15) is 17.3 Å². The summed E-state index contributed by atoms with van der Waals surface area (Å²) in [5.41, 5.74) is 1.41. The van der Waals surface area contributed by atoms with Gasteiger partial charge >= 0.3 is 0 Å². The number of nitrogens with one attached hydrogen (secondary N) is 1. The van der Waals surface area contributed by atoms with Gasteiger partial charge in [-0.25, -0.2) is 4.39 Å². The highest BCUT2D eigenvalue weighted by Crippen LogP contribution is 2.23. The van der Waals surface area contributed by atoms with Crippen LogP contribution in [0.4, 0.5) is 4.39 Å². The normalized spacial score (nSPS) is 17.1. The van der Waals surface area contributed by atoms with Crippen molar-refractivity contribution in [3.63, 3.8) is 0 Å². The second kappa shape index (κ2) is 8.86. The van der Waals surface area contributed by atoms with E-state index in [0.717, 1.165) is 12.1 Å². The van der Waals surface area contributed by atoms with Gasteiger partial charge in [-0.05, 0) is 17.7 Å². The Balaban J connectivity index is 0.00000132. The van der Waals surface area contributed by atoms with Crippen molar-refractivity contribution in [2.45, 2.75) is 12.5 Å². The summed E-state index contributed by atoms with van der Waals surface area (Å²) in [6.07, 6.45) is 1.65. The maximum atomic E-state index is 13.4. The predicted molar refractivity (Wildman–Crippen MR) is 88.4 cm³/mol. The van der Waals surface area contributed by atoms with Gasteiger partial charge in [-0.2, -0.15) is 0 Å². The zero-order valence-electron chi connectivity index (χ0n) is 12.3. The van der Waals surface area contributed by atoms with E-state index in [4.69, 9.17) is 4.52 Å². The number of carbonyl (C=O) groups is 1. The van der Waals surface area contributed by atoms with Gasteiger partial charge in [-0.3, -0.25) is 4.79 Å². The van der Waals surface area contributed by atoms with E-state index in [0.29, 0.717) is 18.8 Å². The van der Waals surface area contributed by atoms with Gasteiger partial charge in [0.15, 0.2) is 0 Å². The quantitative estimate of drug-likeness (QED) is 0.911. The molecule has 1 aliphatic heterocycles. The molecule has 23 heavy (non-hydrogen) atoms. The van der Waals surface area contributed by atoms with Crippen molar-refractivity contribution in [2.75, 3.05) is 19.6 Å². The summed E-state index contributed by atoms with van der Waals surface area (Å²) in [6.45, 7) is 1.95. The second-order valence-electron chi connectivity index (χ2n) is 5.03. The van der Waals surface area contributed by atoms with Crippen molar-refractivity contribution >= 4 is 30.7 Å². The lowest BCUT2D eigenvalue weighted by Crippen LogP contribution is -2.49. The largest absolute Gasteiger partial charge is 0.364 e. The Kier molecular flexibility index (Phi) is 7.48. The molecule has 1 saturated heterocycles. The second-order valence-corrected chi connectivity index (χ2v) is 5.03. The monoisotopic (exact) mass is 361 g/mol. The van der Waals surface area contributed by atoms with Crippen LogP contribution in [0.15, 0.2) is 41.1 Å². The molecule has 126 valence electrons. The first-order valence-electron chi connectivity index (χ1n) is 6.89. The summed E-state index contributed by atoms with van der Waals surface area (Å²) >= 11 is 0. The minimum absolute atomic E-state index is 0. The smallest absolute Gasteiger partial charge is 0.229 e. The summed E-state index contributed by atoms with van der Waals surface area (Å²) in [4.78, 5) is 14.2. The van der Waals surface area contributed by atoms with E-state index in [-0.39, 0.29) is 49.0 Å². The molecule has 1 aromatic carbocycles. The van der Waals surface area contributed by atoms with E-state index < -0.39 is 0 Å². The molecule has 0 saturated carbocycles. The van der Waals surface area contributed by atoms with Crippen molar-refractivity contribution in [3.05, 3.63) is 53.7 Å². The number of hydrogen-bond donors (Lipinski definition) is 1. The summed E-state index contributed by atoms with van der Waals surface area (Å²) in [7, 11) is 0. The molecular formula is C15H18Cl2FN3O2. The number of amides is 1. The molecule has 0 aliphatic carbocycles. The maximum Gasteiger partial charge on any atom is 0.229 e. The number of benzene rings is 1. The number of carbonyl (C=O) groups excluding carboxylic acids is 1. The zero-order chi connectivity index (χ0) is 14.7. The van der Waals surface area contributed by atoms with E-state index in [1.165, 1.54) is 18.4 Å². The van der Waals surface area contributed by atoms with E-state index >= 15 is 0 Å².